The van der Waals surface area contributed by atoms with E-state index in [0.29, 0.717) is 18.8 Å². The van der Waals surface area contributed by atoms with Gasteiger partial charge >= 0.3 is 0 Å². The van der Waals surface area contributed by atoms with Gasteiger partial charge in [0.05, 0.1) is 5.60 Å². The molecular weight excluding hydrogens is 290 g/mol. The Balaban J connectivity index is 2.02. The summed E-state index contributed by atoms with van der Waals surface area (Å²) in [7, 11) is -3.72. The van der Waals surface area contributed by atoms with Crippen molar-refractivity contribution in [3.05, 3.63) is 24.0 Å². The van der Waals surface area contributed by atoms with Crippen molar-refractivity contribution in [3.63, 3.8) is 0 Å². The highest BCUT2D eigenvalue weighted by Gasteiger charge is 2.33. The number of aliphatic hydroxyl groups is 1. The van der Waals surface area contributed by atoms with Crippen molar-refractivity contribution in [1.29, 1.82) is 5.26 Å². The maximum Gasteiger partial charge on any atom is 0.242 e. The molecule has 0 atom stereocenters. The number of rotatable bonds is 4. The van der Waals surface area contributed by atoms with Gasteiger partial charge in [-0.3, -0.25) is 0 Å². The summed E-state index contributed by atoms with van der Waals surface area (Å²) in [5.74, 6) is 0.574. The van der Waals surface area contributed by atoms with Crippen LogP contribution in [0.5, 0.6) is 0 Å². The third kappa shape index (κ3) is 4.00. The first kappa shape index (κ1) is 15.9. The standard InChI is InChI=1S/C14H19N3O3S/c1-11-4-6-14(18,7-5-11)10-17-21(19,20)13-3-2-12(8-15)16-9-13/h2-3,9,11,17-18H,4-7,10H2,1H3. The number of nitriles is 1. The molecule has 2 N–H and O–H groups in total. The van der Waals surface area contributed by atoms with Gasteiger partial charge in [0.1, 0.15) is 16.7 Å². The average molecular weight is 309 g/mol. The summed E-state index contributed by atoms with van der Waals surface area (Å²) in [6.07, 6.45) is 4.14. The van der Waals surface area contributed by atoms with Crippen LogP contribution in [0.25, 0.3) is 0 Å². The second-order valence-electron chi connectivity index (χ2n) is 5.72. The first-order chi connectivity index (χ1) is 9.85. The molecule has 7 heteroatoms. The Hall–Kier alpha value is -1.49. The second kappa shape index (κ2) is 6.10. The molecule has 2 rings (SSSR count). The van der Waals surface area contributed by atoms with Gasteiger partial charge in [-0.05, 0) is 43.7 Å². The molecule has 114 valence electrons. The molecule has 1 fully saturated rings. The summed E-state index contributed by atoms with van der Waals surface area (Å²) < 4.78 is 26.7. The monoisotopic (exact) mass is 309 g/mol. The number of hydrogen-bond donors (Lipinski definition) is 2. The van der Waals surface area contributed by atoms with Crippen LogP contribution in [0.2, 0.25) is 0 Å². The van der Waals surface area contributed by atoms with Gasteiger partial charge in [0.25, 0.3) is 0 Å². The molecule has 0 unspecified atom stereocenters. The van der Waals surface area contributed by atoms with Crippen molar-refractivity contribution in [2.75, 3.05) is 6.54 Å². The largest absolute Gasteiger partial charge is 0.389 e. The van der Waals surface area contributed by atoms with E-state index in [4.69, 9.17) is 5.26 Å². The zero-order valence-corrected chi connectivity index (χ0v) is 12.7. The van der Waals surface area contributed by atoms with E-state index in [2.05, 4.69) is 16.6 Å². The maximum absolute atomic E-state index is 12.1. The van der Waals surface area contributed by atoms with E-state index in [1.54, 1.807) is 0 Å². The normalized spacial score (nSPS) is 26.2. The summed E-state index contributed by atoms with van der Waals surface area (Å²) in [4.78, 5) is 3.74. The van der Waals surface area contributed by atoms with Crippen LogP contribution in [-0.4, -0.2) is 30.7 Å². The molecule has 0 amide bonds. The Bertz CT molecular complexity index is 626. The predicted molar refractivity (Wildman–Crippen MR) is 76.7 cm³/mol. The van der Waals surface area contributed by atoms with Crippen LogP contribution < -0.4 is 4.72 Å². The van der Waals surface area contributed by atoms with Crippen molar-refractivity contribution >= 4 is 10.0 Å². The minimum absolute atomic E-state index is 0.00204. The molecule has 1 aliphatic carbocycles. The maximum atomic E-state index is 12.1. The number of nitrogens with one attached hydrogen (secondary N) is 1. The minimum atomic E-state index is -3.72. The molecule has 21 heavy (non-hydrogen) atoms. The molecule has 6 nitrogen and oxygen atoms in total. The molecule has 1 aromatic rings. The lowest BCUT2D eigenvalue weighted by molar-refractivity contribution is -0.00182. The van der Waals surface area contributed by atoms with E-state index >= 15 is 0 Å². The lowest BCUT2D eigenvalue weighted by Crippen LogP contribution is -2.45. The van der Waals surface area contributed by atoms with Gasteiger partial charge in [0.2, 0.25) is 10.0 Å². The minimum Gasteiger partial charge on any atom is -0.389 e. The number of nitrogens with zero attached hydrogens (tertiary/aromatic N) is 2. The summed E-state index contributed by atoms with van der Waals surface area (Å²) in [6, 6.07) is 4.52. The van der Waals surface area contributed by atoms with Crippen molar-refractivity contribution < 1.29 is 13.5 Å². The lowest BCUT2D eigenvalue weighted by Gasteiger charge is -2.34. The molecule has 1 aromatic heterocycles. The Kier molecular flexibility index (Phi) is 4.61. The quantitative estimate of drug-likeness (QED) is 0.869. The fourth-order valence-electron chi connectivity index (χ4n) is 2.39. The molecule has 1 heterocycles. The van der Waals surface area contributed by atoms with E-state index in [-0.39, 0.29) is 17.1 Å². The zero-order valence-electron chi connectivity index (χ0n) is 11.9. The zero-order chi connectivity index (χ0) is 15.5. The van der Waals surface area contributed by atoms with E-state index in [1.165, 1.54) is 12.1 Å². The predicted octanol–water partition coefficient (Wildman–Crippen LogP) is 1.17. The molecule has 0 spiro atoms. The number of aromatic nitrogens is 1. The van der Waals surface area contributed by atoms with Gasteiger partial charge in [0.15, 0.2) is 0 Å². The van der Waals surface area contributed by atoms with E-state index in [9.17, 15) is 13.5 Å². The Morgan fingerprint density at radius 3 is 2.67 bits per heavy atom. The third-order valence-electron chi connectivity index (χ3n) is 3.96. The van der Waals surface area contributed by atoms with Crippen LogP contribution in [0.4, 0.5) is 0 Å². The summed E-state index contributed by atoms with van der Waals surface area (Å²) >= 11 is 0. The number of pyridine rings is 1. The van der Waals surface area contributed by atoms with Gasteiger partial charge in [-0.2, -0.15) is 5.26 Å². The summed E-state index contributed by atoms with van der Waals surface area (Å²) in [6.45, 7) is 2.13. The molecule has 0 bridgehead atoms. The van der Waals surface area contributed by atoms with Crippen LogP contribution in [0.3, 0.4) is 0 Å². The molecule has 1 saturated carbocycles. The van der Waals surface area contributed by atoms with E-state index in [1.807, 2.05) is 6.07 Å². The van der Waals surface area contributed by atoms with E-state index < -0.39 is 15.6 Å². The van der Waals surface area contributed by atoms with Crippen molar-refractivity contribution in [2.45, 2.75) is 43.1 Å². The van der Waals surface area contributed by atoms with Crippen LogP contribution >= 0.6 is 0 Å². The molecule has 0 radical (unpaired) electrons. The van der Waals surface area contributed by atoms with Crippen molar-refractivity contribution in [1.82, 2.24) is 9.71 Å². The highest BCUT2D eigenvalue weighted by atomic mass is 32.2. The SMILES string of the molecule is CC1CCC(O)(CNS(=O)(=O)c2ccc(C#N)nc2)CC1. The summed E-state index contributed by atoms with van der Waals surface area (Å²) in [5.41, 5.74) is -0.812. The fourth-order valence-corrected chi connectivity index (χ4v) is 3.46. The Labute approximate surface area is 124 Å². The van der Waals surface area contributed by atoms with Gasteiger partial charge in [0, 0.05) is 12.7 Å². The average Bonchev–Trinajstić information content (AvgIpc) is 2.49. The first-order valence-corrected chi connectivity index (χ1v) is 8.41. The highest BCUT2D eigenvalue weighted by Crippen LogP contribution is 2.31. The van der Waals surface area contributed by atoms with Gasteiger partial charge in [-0.1, -0.05) is 6.92 Å². The topological polar surface area (TPSA) is 103 Å². The van der Waals surface area contributed by atoms with E-state index in [0.717, 1.165) is 19.0 Å². The number of hydrogen-bond acceptors (Lipinski definition) is 5. The van der Waals surface area contributed by atoms with Crippen LogP contribution in [0.15, 0.2) is 23.2 Å². The molecular formula is C14H19N3O3S. The van der Waals surface area contributed by atoms with Gasteiger partial charge in [-0.25, -0.2) is 18.1 Å². The second-order valence-corrected chi connectivity index (χ2v) is 7.49. The molecule has 1 aliphatic rings. The first-order valence-electron chi connectivity index (χ1n) is 6.93. The van der Waals surface area contributed by atoms with Crippen LogP contribution in [-0.2, 0) is 10.0 Å². The van der Waals surface area contributed by atoms with Crippen LogP contribution in [0, 0.1) is 17.2 Å². The van der Waals surface area contributed by atoms with Crippen molar-refractivity contribution in [3.8, 4) is 6.07 Å². The highest BCUT2D eigenvalue weighted by molar-refractivity contribution is 7.89. The van der Waals surface area contributed by atoms with Crippen molar-refractivity contribution in [2.24, 2.45) is 5.92 Å². The third-order valence-corrected chi connectivity index (χ3v) is 5.34. The van der Waals surface area contributed by atoms with Gasteiger partial charge in [-0.15, -0.1) is 0 Å². The molecule has 0 aromatic carbocycles. The molecule has 0 aliphatic heterocycles. The van der Waals surface area contributed by atoms with Gasteiger partial charge < -0.3 is 5.11 Å². The Morgan fingerprint density at radius 1 is 1.48 bits per heavy atom. The summed E-state index contributed by atoms with van der Waals surface area (Å²) in [5, 5.41) is 19.0. The lowest BCUT2D eigenvalue weighted by atomic mass is 9.80. The molecule has 0 saturated heterocycles. The fraction of sp³-hybridized carbons (Fsp3) is 0.571. The van der Waals surface area contributed by atoms with Crippen LogP contribution in [0.1, 0.15) is 38.3 Å². The Morgan fingerprint density at radius 2 is 2.14 bits per heavy atom. The smallest absolute Gasteiger partial charge is 0.242 e. The number of sulfonamides is 1.